The summed E-state index contributed by atoms with van der Waals surface area (Å²) in [5.41, 5.74) is 4.15. The Hall–Kier alpha value is -3.11. The minimum atomic E-state index is -1.55. The monoisotopic (exact) mass is 269 g/mol. The van der Waals surface area contributed by atoms with Crippen LogP contribution in [-0.4, -0.2) is 34.6 Å². The molecule has 2 N–H and O–H groups in total. The van der Waals surface area contributed by atoms with Crippen LogP contribution in [0.1, 0.15) is 0 Å². The lowest BCUT2D eigenvalue weighted by Gasteiger charge is -2.11. The van der Waals surface area contributed by atoms with Crippen LogP contribution in [0.5, 0.6) is 0 Å². The second-order valence-electron chi connectivity index (χ2n) is 2.12. The van der Waals surface area contributed by atoms with Crippen LogP contribution >= 0.6 is 0 Å². The molecule has 0 saturated heterocycles. The normalized spacial score (nSPS) is 8.22. The maximum Gasteiger partial charge on any atom is 0.294 e. The average Bonchev–Trinajstić information content (AvgIpc) is 2.22. The van der Waals surface area contributed by atoms with E-state index in [1.165, 1.54) is 6.19 Å². The fourth-order valence-electron chi connectivity index (χ4n) is 0.519. The van der Waals surface area contributed by atoms with Crippen molar-refractivity contribution >= 4 is 0 Å². The van der Waals surface area contributed by atoms with Gasteiger partial charge in [-0.15, -0.1) is 30.3 Å². The topological polar surface area (TPSA) is 207 Å². The first kappa shape index (κ1) is 17.3. The molecule has 0 aliphatic heterocycles. The van der Waals surface area contributed by atoms with E-state index in [4.69, 9.17) is 5.26 Å². The first-order chi connectivity index (χ1) is 8.33. The molecule has 102 valence electrons. The van der Waals surface area contributed by atoms with Gasteiger partial charge in [0.1, 0.15) is 13.2 Å². The van der Waals surface area contributed by atoms with Gasteiger partial charge in [-0.05, 0) is 0 Å². The average molecular weight is 269 g/mol. The third-order valence-corrected chi connectivity index (χ3v) is 0.967. The van der Waals surface area contributed by atoms with Crippen molar-refractivity contribution in [2.75, 3.05) is 13.2 Å². The fraction of sp³-hybridized carbons (Fsp3) is 0.750. The number of rotatable bonds is 8. The lowest BCUT2D eigenvalue weighted by molar-refractivity contribution is -0.803. The fourth-order valence-corrected chi connectivity index (χ4v) is 0.519. The van der Waals surface area contributed by atoms with Gasteiger partial charge in [0.2, 0.25) is 0 Å². The van der Waals surface area contributed by atoms with E-state index in [9.17, 15) is 30.3 Å². The highest BCUT2D eigenvalue weighted by Crippen LogP contribution is 1.96. The maximum atomic E-state index is 9.83. The third-order valence-electron chi connectivity index (χ3n) is 0.967. The first-order valence-electron chi connectivity index (χ1n) is 3.78. The second-order valence-corrected chi connectivity index (χ2v) is 2.12. The summed E-state index contributed by atoms with van der Waals surface area (Å²) >= 11 is 0. The molecule has 0 atom stereocenters. The molecule has 14 heteroatoms. The standard InChI is InChI=1S/C3H5N3O9.CH2N2/c7-4(8)13-1-3(15-6(11)12)2-14-5(9)10;2-1-3/h3H,1-2H2;2H2. The molecule has 0 amide bonds. The number of hydrogen-bond acceptors (Lipinski definition) is 11. The molecule has 14 nitrogen and oxygen atoms in total. The summed E-state index contributed by atoms with van der Waals surface area (Å²) in [6, 6.07) is 0. The molecule has 0 unspecified atom stereocenters. The SMILES string of the molecule is N#CN.O=[N+]([O-])OCC(CO[N+](=O)[O-])O[N+](=O)[O-]. The van der Waals surface area contributed by atoms with E-state index >= 15 is 0 Å². The highest BCUT2D eigenvalue weighted by molar-refractivity contribution is 4.49. The molecule has 0 spiro atoms. The molecule has 0 bridgehead atoms. The zero-order valence-electron chi connectivity index (χ0n) is 8.53. The van der Waals surface area contributed by atoms with Gasteiger partial charge in [0.05, 0.1) is 0 Å². The third kappa shape index (κ3) is 15.4. The number of hydrogen-bond donors (Lipinski definition) is 1. The summed E-state index contributed by atoms with van der Waals surface area (Å²) < 4.78 is 0. The summed E-state index contributed by atoms with van der Waals surface area (Å²) in [5, 5.41) is 32.6. The van der Waals surface area contributed by atoms with E-state index in [1.54, 1.807) is 0 Å². The van der Waals surface area contributed by atoms with Crippen molar-refractivity contribution in [3.8, 4) is 6.19 Å². The quantitative estimate of drug-likeness (QED) is 0.229. The predicted octanol–water partition coefficient (Wildman–Crippen LogP) is -1.59. The lowest BCUT2D eigenvalue weighted by Crippen LogP contribution is -2.30. The smallest absolute Gasteiger partial charge is 0.294 e. The minimum Gasteiger partial charge on any atom is -0.337 e. The Morgan fingerprint density at radius 3 is 1.61 bits per heavy atom. The van der Waals surface area contributed by atoms with Crippen molar-refractivity contribution in [2.45, 2.75) is 6.10 Å². The van der Waals surface area contributed by atoms with Gasteiger partial charge >= 0.3 is 0 Å². The molecule has 0 heterocycles. The van der Waals surface area contributed by atoms with Crippen LogP contribution < -0.4 is 5.73 Å². The molecule has 0 aromatic heterocycles. The molecular weight excluding hydrogens is 262 g/mol. The van der Waals surface area contributed by atoms with Gasteiger partial charge in [-0.2, -0.15) is 5.26 Å². The van der Waals surface area contributed by atoms with E-state index in [2.05, 4.69) is 20.2 Å². The largest absolute Gasteiger partial charge is 0.337 e. The van der Waals surface area contributed by atoms with Crippen LogP contribution in [0.4, 0.5) is 0 Å². The Balaban J connectivity index is 0. The van der Waals surface area contributed by atoms with Crippen molar-refractivity contribution < 1.29 is 29.8 Å². The summed E-state index contributed by atoms with van der Waals surface area (Å²) in [5.74, 6) is 0. The molecule has 0 rings (SSSR count). The Kier molecular flexibility index (Phi) is 10.00. The van der Waals surface area contributed by atoms with Crippen molar-refractivity contribution in [3.05, 3.63) is 30.3 Å². The molecule has 0 radical (unpaired) electrons. The van der Waals surface area contributed by atoms with E-state index in [0.717, 1.165) is 0 Å². The number of nitriles is 1. The summed E-state index contributed by atoms with van der Waals surface area (Å²) in [6.45, 7) is -1.69. The molecule has 0 aromatic carbocycles. The van der Waals surface area contributed by atoms with Crippen molar-refractivity contribution in [1.29, 1.82) is 5.26 Å². The molecule has 0 aliphatic carbocycles. The predicted molar refractivity (Wildman–Crippen MR) is 47.6 cm³/mol. The minimum absolute atomic E-state index is 0.845. The van der Waals surface area contributed by atoms with Crippen LogP contribution in [0.15, 0.2) is 0 Å². The zero-order valence-corrected chi connectivity index (χ0v) is 8.53. The Morgan fingerprint density at radius 1 is 1.06 bits per heavy atom. The van der Waals surface area contributed by atoms with Crippen LogP contribution in [0.3, 0.4) is 0 Å². The molecule has 0 aromatic rings. The van der Waals surface area contributed by atoms with Crippen LogP contribution in [0.25, 0.3) is 0 Å². The van der Waals surface area contributed by atoms with Crippen molar-refractivity contribution in [3.63, 3.8) is 0 Å². The van der Waals surface area contributed by atoms with Crippen LogP contribution in [0.2, 0.25) is 0 Å². The Bertz CT molecular complexity index is 307. The van der Waals surface area contributed by atoms with Crippen molar-refractivity contribution in [1.82, 2.24) is 0 Å². The molecule has 18 heavy (non-hydrogen) atoms. The van der Waals surface area contributed by atoms with E-state index in [0.29, 0.717) is 0 Å². The maximum absolute atomic E-state index is 9.83. The number of nitrogens with two attached hydrogens (primary N) is 1. The van der Waals surface area contributed by atoms with Gasteiger partial charge in [0.25, 0.3) is 15.3 Å². The van der Waals surface area contributed by atoms with Gasteiger partial charge in [-0.1, -0.05) is 0 Å². The van der Waals surface area contributed by atoms with Gasteiger partial charge in [0, 0.05) is 0 Å². The van der Waals surface area contributed by atoms with Crippen LogP contribution in [-0.2, 0) is 14.5 Å². The van der Waals surface area contributed by atoms with Gasteiger partial charge in [-0.25, -0.2) is 0 Å². The van der Waals surface area contributed by atoms with E-state index in [-0.39, 0.29) is 0 Å². The Labute approximate surface area is 97.7 Å². The van der Waals surface area contributed by atoms with Crippen LogP contribution in [0, 0.1) is 41.8 Å². The molecule has 0 fully saturated rings. The highest BCUT2D eigenvalue weighted by atomic mass is 17.0. The second kappa shape index (κ2) is 10.4. The lowest BCUT2D eigenvalue weighted by atomic mass is 10.4. The summed E-state index contributed by atoms with van der Waals surface area (Å²) in [6.07, 6.45) is -0.296. The highest BCUT2D eigenvalue weighted by Gasteiger charge is 2.17. The van der Waals surface area contributed by atoms with Gasteiger partial charge in [-0.3, -0.25) is 0 Å². The Morgan fingerprint density at radius 2 is 1.39 bits per heavy atom. The summed E-state index contributed by atoms with van der Waals surface area (Å²) in [4.78, 5) is 40.5. The molecule has 0 aliphatic rings. The number of nitrogens with zero attached hydrogens (tertiary/aromatic N) is 4. The molecule has 0 saturated carbocycles. The zero-order chi connectivity index (χ0) is 14.6. The van der Waals surface area contributed by atoms with Gasteiger partial charge < -0.3 is 20.2 Å². The summed E-state index contributed by atoms with van der Waals surface area (Å²) in [7, 11) is 0. The van der Waals surface area contributed by atoms with E-state index in [1.807, 2.05) is 0 Å². The van der Waals surface area contributed by atoms with Crippen molar-refractivity contribution in [2.24, 2.45) is 5.73 Å². The first-order valence-corrected chi connectivity index (χ1v) is 3.78. The van der Waals surface area contributed by atoms with E-state index < -0.39 is 34.6 Å². The van der Waals surface area contributed by atoms with Gasteiger partial charge in [0.15, 0.2) is 12.3 Å². The molecular formula is C4H7N5O9.